The van der Waals surface area contributed by atoms with E-state index >= 15 is 0 Å². The lowest BCUT2D eigenvalue weighted by atomic mass is 10.3. The van der Waals surface area contributed by atoms with Crippen LogP contribution in [0.4, 0.5) is 15.9 Å². The van der Waals surface area contributed by atoms with E-state index in [2.05, 4.69) is 15.0 Å². The Morgan fingerprint density at radius 1 is 1.19 bits per heavy atom. The van der Waals surface area contributed by atoms with E-state index in [0.29, 0.717) is 5.82 Å². The van der Waals surface area contributed by atoms with Crippen LogP contribution < -0.4 is 10.0 Å². The first-order valence-corrected chi connectivity index (χ1v) is 7.88. The molecule has 1 aromatic heterocycles. The molecule has 0 aliphatic heterocycles. The topological polar surface area (TPSA) is 71.1 Å². The third-order valence-electron chi connectivity index (χ3n) is 2.54. The fourth-order valence-electron chi connectivity index (χ4n) is 1.52. The van der Waals surface area contributed by atoms with Crippen LogP contribution >= 0.6 is 23.2 Å². The molecule has 2 rings (SSSR count). The molecule has 2 N–H and O–H groups in total. The second kappa shape index (κ2) is 6.05. The molecule has 0 amide bonds. The number of sulfonamides is 1. The lowest BCUT2D eigenvalue weighted by Gasteiger charge is -2.09. The molecule has 0 saturated heterocycles. The van der Waals surface area contributed by atoms with Crippen molar-refractivity contribution in [2.75, 3.05) is 17.1 Å². The summed E-state index contributed by atoms with van der Waals surface area (Å²) in [5.41, 5.74) is 0.0593. The Morgan fingerprint density at radius 2 is 1.81 bits per heavy atom. The number of pyridine rings is 1. The minimum atomic E-state index is -3.86. The molecular formula is C12H10Cl2FN3O2S. The van der Waals surface area contributed by atoms with E-state index in [1.807, 2.05) is 0 Å². The van der Waals surface area contributed by atoms with Crippen LogP contribution in [0, 0.1) is 5.82 Å². The summed E-state index contributed by atoms with van der Waals surface area (Å²) in [7, 11) is -2.20. The summed E-state index contributed by atoms with van der Waals surface area (Å²) < 4.78 is 39.9. The van der Waals surface area contributed by atoms with Crippen molar-refractivity contribution in [3.63, 3.8) is 0 Å². The van der Waals surface area contributed by atoms with Gasteiger partial charge in [0.1, 0.15) is 10.7 Å². The highest BCUT2D eigenvalue weighted by Gasteiger charge is 2.16. The molecule has 0 aliphatic carbocycles. The van der Waals surface area contributed by atoms with Crippen LogP contribution in [-0.4, -0.2) is 20.4 Å². The van der Waals surface area contributed by atoms with Crippen molar-refractivity contribution in [3.8, 4) is 0 Å². The molecule has 9 heteroatoms. The van der Waals surface area contributed by atoms with Crippen LogP contribution in [0.3, 0.4) is 0 Å². The van der Waals surface area contributed by atoms with E-state index < -0.39 is 15.8 Å². The number of aromatic nitrogens is 1. The molecule has 21 heavy (non-hydrogen) atoms. The van der Waals surface area contributed by atoms with Crippen LogP contribution in [0.5, 0.6) is 0 Å². The Kier molecular flexibility index (Phi) is 4.55. The third-order valence-corrected chi connectivity index (χ3v) is 4.46. The number of halogens is 3. The van der Waals surface area contributed by atoms with Gasteiger partial charge in [-0.15, -0.1) is 0 Å². The van der Waals surface area contributed by atoms with Crippen molar-refractivity contribution in [1.29, 1.82) is 0 Å². The highest BCUT2D eigenvalue weighted by Crippen LogP contribution is 2.28. The van der Waals surface area contributed by atoms with Gasteiger partial charge in [-0.1, -0.05) is 23.2 Å². The number of hydrogen-bond donors (Lipinski definition) is 2. The van der Waals surface area contributed by atoms with Gasteiger partial charge in [-0.3, -0.25) is 4.72 Å². The van der Waals surface area contributed by atoms with Crippen LogP contribution in [0.25, 0.3) is 0 Å². The fraction of sp³-hybridized carbons (Fsp3) is 0.0833. The van der Waals surface area contributed by atoms with E-state index in [-0.39, 0.29) is 20.6 Å². The summed E-state index contributed by atoms with van der Waals surface area (Å²) in [5.74, 6) is -0.275. The summed E-state index contributed by atoms with van der Waals surface area (Å²) in [6.07, 6.45) is 1.20. The van der Waals surface area contributed by atoms with Crippen molar-refractivity contribution in [2.45, 2.75) is 4.90 Å². The van der Waals surface area contributed by atoms with Crippen LogP contribution in [0.15, 0.2) is 35.4 Å². The average molecular weight is 350 g/mol. The van der Waals surface area contributed by atoms with Gasteiger partial charge in [0.2, 0.25) is 0 Å². The lowest BCUT2D eigenvalue weighted by Crippen LogP contribution is -2.13. The van der Waals surface area contributed by atoms with Gasteiger partial charge < -0.3 is 5.32 Å². The SMILES string of the molecule is CNc1ccc(S(=O)(=O)Nc2cc(Cl)c(F)c(Cl)c2)cn1. The Balaban J connectivity index is 2.32. The van der Waals surface area contributed by atoms with Crippen LogP contribution in [-0.2, 0) is 10.0 Å². The maximum atomic E-state index is 13.3. The van der Waals surface area contributed by atoms with E-state index in [1.54, 1.807) is 7.05 Å². The molecule has 0 atom stereocenters. The molecule has 0 radical (unpaired) electrons. The minimum absolute atomic E-state index is 0.0435. The quantitative estimate of drug-likeness (QED) is 0.830. The number of hydrogen-bond acceptors (Lipinski definition) is 4. The normalized spacial score (nSPS) is 11.2. The highest BCUT2D eigenvalue weighted by molar-refractivity contribution is 7.92. The molecule has 0 saturated carbocycles. The molecule has 0 spiro atoms. The maximum absolute atomic E-state index is 13.3. The van der Waals surface area contributed by atoms with Gasteiger partial charge >= 0.3 is 0 Å². The van der Waals surface area contributed by atoms with Gasteiger partial charge in [-0.05, 0) is 24.3 Å². The number of benzene rings is 1. The Morgan fingerprint density at radius 3 is 2.29 bits per heavy atom. The summed E-state index contributed by atoms with van der Waals surface area (Å²) >= 11 is 11.2. The first-order valence-electron chi connectivity index (χ1n) is 5.64. The van der Waals surface area contributed by atoms with Gasteiger partial charge in [-0.2, -0.15) is 0 Å². The van der Waals surface area contributed by atoms with Crippen LogP contribution in [0.2, 0.25) is 10.0 Å². The van der Waals surface area contributed by atoms with Gasteiger partial charge in [0.25, 0.3) is 10.0 Å². The molecule has 5 nitrogen and oxygen atoms in total. The van der Waals surface area contributed by atoms with E-state index in [9.17, 15) is 12.8 Å². The van der Waals surface area contributed by atoms with Crippen molar-refractivity contribution >= 4 is 44.7 Å². The molecule has 2 aromatic rings. The number of nitrogens with one attached hydrogen (secondary N) is 2. The predicted molar refractivity (Wildman–Crippen MR) is 81.0 cm³/mol. The van der Waals surface area contributed by atoms with Crippen LogP contribution in [0.1, 0.15) is 0 Å². The van der Waals surface area contributed by atoms with E-state index in [1.165, 1.54) is 18.3 Å². The summed E-state index contributed by atoms with van der Waals surface area (Å²) in [6, 6.07) is 5.17. The fourth-order valence-corrected chi connectivity index (χ4v) is 2.99. The Labute approximate surface area is 131 Å². The maximum Gasteiger partial charge on any atom is 0.263 e. The van der Waals surface area contributed by atoms with E-state index in [4.69, 9.17) is 23.2 Å². The molecule has 0 bridgehead atoms. The zero-order chi connectivity index (χ0) is 15.6. The smallest absolute Gasteiger partial charge is 0.263 e. The molecule has 0 fully saturated rings. The Bertz CT molecular complexity index is 744. The molecular weight excluding hydrogens is 340 g/mol. The third kappa shape index (κ3) is 3.55. The first-order chi connectivity index (χ1) is 9.83. The summed E-state index contributed by atoms with van der Waals surface area (Å²) in [6.45, 7) is 0. The average Bonchev–Trinajstić information content (AvgIpc) is 2.44. The van der Waals surface area contributed by atoms with Gasteiger partial charge in [0.05, 0.1) is 15.7 Å². The number of rotatable bonds is 4. The largest absolute Gasteiger partial charge is 0.373 e. The second-order valence-corrected chi connectivity index (χ2v) is 6.49. The highest BCUT2D eigenvalue weighted by atomic mass is 35.5. The second-order valence-electron chi connectivity index (χ2n) is 3.99. The van der Waals surface area contributed by atoms with Crippen molar-refractivity contribution in [2.24, 2.45) is 0 Å². The molecule has 0 unspecified atom stereocenters. The van der Waals surface area contributed by atoms with Gasteiger partial charge in [0, 0.05) is 13.2 Å². The number of anilines is 2. The van der Waals surface area contributed by atoms with Gasteiger partial charge in [-0.25, -0.2) is 17.8 Å². The monoisotopic (exact) mass is 349 g/mol. The van der Waals surface area contributed by atoms with Crippen molar-refractivity contribution in [1.82, 2.24) is 4.98 Å². The van der Waals surface area contributed by atoms with Crippen molar-refractivity contribution < 1.29 is 12.8 Å². The zero-order valence-corrected chi connectivity index (χ0v) is 13.0. The molecule has 1 aromatic carbocycles. The summed E-state index contributed by atoms with van der Waals surface area (Å²) in [4.78, 5) is 3.87. The first kappa shape index (κ1) is 15.8. The molecule has 0 aliphatic rings. The predicted octanol–water partition coefficient (Wildman–Crippen LogP) is 3.37. The molecule has 112 valence electrons. The Hall–Kier alpha value is -1.57. The summed E-state index contributed by atoms with van der Waals surface area (Å²) in [5, 5.41) is 2.23. The standard InChI is InChI=1S/C12H10Cl2FN3O2S/c1-16-11-3-2-8(6-17-11)21(19,20)18-7-4-9(13)12(15)10(14)5-7/h2-6,18H,1H3,(H,16,17). The number of nitrogens with zero attached hydrogens (tertiary/aromatic N) is 1. The lowest BCUT2D eigenvalue weighted by molar-refractivity contribution is 0.600. The molecule has 1 heterocycles. The van der Waals surface area contributed by atoms with Crippen molar-refractivity contribution in [3.05, 3.63) is 46.3 Å². The zero-order valence-electron chi connectivity index (χ0n) is 10.7. The minimum Gasteiger partial charge on any atom is -0.373 e. The van der Waals surface area contributed by atoms with E-state index in [0.717, 1.165) is 12.1 Å². The van der Waals surface area contributed by atoms with Gasteiger partial charge in [0.15, 0.2) is 5.82 Å².